The van der Waals surface area contributed by atoms with Crippen molar-refractivity contribution in [3.05, 3.63) is 34.9 Å². The highest BCUT2D eigenvalue weighted by molar-refractivity contribution is 6.30. The molecule has 1 saturated heterocycles. The summed E-state index contributed by atoms with van der Waals surface area (Å²) in [7, 11) is 4.05. The Hall–Kier alpha value is -1.10. The fourth-order valence-corrected chi connectivity index (χ4v) is 3.34. The number of aliphatic hydroxyl groups excluding tert-OH is 1. The molecule has 122 valence electrons. The summed E-state index contributed by atoms with van der Waals surface area (Å²) < 4.78 is 0. The molecular weight excluding hydrogens is 300 g/mol. The summed E-state index contributed by atoms with van der Waals surface area (Å²) in [6.07, 6.45) is 1.20. The molecule has 1 heterocycles. The van der Waals surface area contributed by atoms with Crippen LogP contribution in [-0.4, -0.2) is 61.2 Å². The number of hydrogen-bond donors (Lipinski definition) is 1. The van der Waals surface area contributed by atoms with Gasteiger partial charge in [0, 0.05) is 43.6 Å². The molecule has 1 aliphatic heterocycles. The lowest BCUT2D eigenvalue weighted by Crippen LogP contribution is -2.30. The Kier molecular flexibility index (Phi) is 6.24. The van der Waals surface area contributed by atoms with Crippen molar-refractivity contribution in [3.63, 3.8) is 0 Å². The smallest absolute Gasteiger partial charge is 0.222 e. The second-order valence-electron chi connectivity index (χ2n) is 6.39. The first-order valence-electron chi connectivity index (χ1n) is 7.77. The number of carbonyl (C=O) groups is 1. The summed E-state index contributed by atoms with van der Waals surface area (Å²) in [5.74, 6) is 0.715. The molecule has 0 unspecified atom stereocenters. The fraction of sp³-hybridized carbons (Fsp3) is 0.588. The molecule has 1 aromatic carbocycles. The minimum atomic E-state index is 0.149. The first-order valence-corrected chi connectivity index (χ1v) is 8.15. The molecule has 0 saturated carbocycles. The van der Waals surface area contributed by atoms with Crippen molar-refractivity contribution in [3.8, 4) is 0 Å². The van der Waals surface area contributed by atoms with Crippen LogP contribution in [0.3, 0.4) is 0 Å². The van der Waals surface area contributed by atoms with Crippen molar-refractivity contribution < 1.29 is 9.90 Å². The van der Waals surface area contributed by atoms with Gasteiger partial charge in [0.25, 0.3) is 0 Å². The number of rotatable bonds is 6. The molecule has 2 rings (SSSR count). The molecule has 1 aliphatic rings. The Morgan fingerprint density at radius 1 is 1.36 bits per heavy atom. The van der Waals surface area contributed by atoms with Crippen LogP contribution in [0.4, 0.5) is 0 Å². The van der Waals surface area contributed by atoms with E-state index in [1.165, 1.54) is 0 Å². The van der Waals surface area contributed by atoms with Crippen molar-refractivity contribution in [2.24, 2.45) is 11.8 Å². The number of carbonyl (C=O) groups excluding carboxylic acids is 1. The normalized spacial score (nSPS) is 21.6. The molecule has 2 atom stereocenters. The van der Waals surface area contributed by atoms with E-state index in [-0.39, 0.29) is 18.4 Å². The van der Waals surface area contributed by atoms with Crippen LogP contribution in [0.1, 0.15) is 12.0 Å². The first-order chi connectivity index (χ1) is 10.5. The molecule has 0 bridgehead atoms. The van der Waals surface area contributed by atoms with Crippen LogP contribution in [-0.2, 0) is 11.2 Å². The zero-order valence-corrected chi connectivity index (χ0v) is 14.1. The van der Waals surface area contributed by atoms with Gasteiger partial charge in [-0.05, 0) is 44.1 Å². The third-order valence-electron chi connectivity index (χ3n) is 4.28. The lowest BCUT2D eigenvalue weighted by molar-refractivity contribution is -0.130. The van der Waals surface area contributed by atoms with Crippen molar-refractivity contribution >= 4 is 17.5 Å². The molecule has 0 spiro atoms. The van der Waals surface area contributed by atoms with Crippen LogP contribution in [0.2, 0.25) is 5.02 Å². The monoisotopic (exact) mass is 324 g/mol. The summed E-state index contributed by atoms with van der Waals surface area (Å²) in [5, 5.41) is 10.2. The zero-order chi connectivity index (χ0) is 16.1. The summed E-state index contributed by atoms with van der Waals surface area (Å²) in [6, 6.07) is 7.65. The van der Waals surface area contributed by atoms with Crippen LogP contribution in [0.15, 0.2) is 24.3 Å². The minimum Gasteiger partial charge on any atom is -0.396 e. The lowest BCUT2D eigenvalue weighted by atomic mass is 9.97. The Labute approximate surface area is 137 Å². The summed E-state index contributed by atoms with van der Waals surface area (Å²) in [5.41, 5.74) is 1.09. The van der Waals surface area contributed by atoms with Crippen LogP contribution < -0.4 is 0 Å². The summed E-state index contributed by atoms with van der Waals surface area (Å²) in [6.45, 7) is 2.47. The third kappa shape index (κ3) is 4.70. The third-order valence-corrected chi connectivity index (χ3v) is 4.51. The number of aliphatic hydroxyl groups is 1. The average Bonchev–Trinajstić information content (AvgIpc) is 2.87. The molecule has 0 aromatic heterocycles. The summed E-state index contributed by atoms with van der Waals surface area (Å²) in [4.78, 5) is 16.4. The minimum absolute atomic E-state index is 0.149. The van der Waals surface area contributed by atoms with Crippen LogP contribution >= 0.6 is 11.6 Å². The number of nitrogens with zero attached hydrogens (tertiary/aromatic N) is 2. The van der Waals surface area contributed by atoms with Gasteiger partial charge in [-0.3, -0.25) is 4.79 Å². The van der Waals surface area contributed by atoms with Crippen LogP contribution in [0.25, 0.3) is 0 Å². The van der Waals surface area contributed by atoms with Gasteiger partial charge in [-0.25, -0.2) is 0 Å². The fourth-order valence-electron chi connectivity index (χ4n) is 3.13. The molecule has 4 nitrogen and oxygen atoms in total. The van der Waals surface area contributed by atoms with E-state index >= 15 is 0 Å². The number of amides is 1. The van der Waals surface area contributed by atoms with Gasteiger partial charge in [0.05, 0.1) is 0 Å². The largest absolute Gasteiger partial charge is 0.396 e. The number of benzene rings is 1. The quantitative estimate of drug-likeness (QED) is 0.869. The van der Waals surface area contributed by atoms with E-state index in [2.05, 4.69) is 4.90 Å². The molecule has 1 amide bonds. The Balaban J connectivity index is 1.87. The highest BCUT2D eigenvalue weighted by atomic mass is 35.5. The molecule has 1 fully saturated rings. The molecule has 1 aromatic rings. The summed E-state index contributed by atoms with van der Waals surface area (Å²) >= 11 is 5.96. The van der Waals surface area contributed by atoms with Crippen molar-refractivity contribution in [1.29, 1.82) is 0 Å². The highest BCUT2D eigenvalue weighted by Crippen LogP contribution is 2.24. The maximum Gasteiger partial charge on any atom is 0.222 e. The number of hydrogen-bond acceptors (Lipinski definition) is 3. The van der Waals surface area contributed by atoms with E-state index in [1.54, 1.807) is 0 Å². The van der Waals surface area contributed by atoms with Gasteiger partial charge >= 0.3 is 0 Å². The van der Waals surface area contributed by atoms with E-state index in [9.17, 15) is 9.90 Å². The molecule has 1 N–H and O–H groups in total. The predicted octanol–water partition coefficient (Wildman–Crippen LogP) is 1.90. The molecule has 22 heavy (non-hydrogen) atoms. The van der Waals surface area contributed by atoms with E-state index in [0.717, 1.165) is 18.7 Å². The van der Waals surface area contributed by atoms with Crippen LogP contribution in [0, 0.1) is 11.8 Å². The van der Waals surface area contributed by atoms with E-state index in [4.69, 9.17) is 11.6 Å². The number of aryl methyl sites for hydroxylation is 1. The molecule has 0 aliphatic carbocycles. The van der Waals surface area contributed by atoms with Gasteiger partial charge in [0.15, 0.2) is 0 Å². The van der Waals surface area contributed by atoms with Gasteiger partial charge in [0.2, 0.25) is 5.91 Å². The maximum atomic E-state index is 12.4. The maximum absolute atomic E-state index is 12.4. The molecule has 5 heteroatoms. The SMILES string of the molecule is CN(C)C[C@@H]1CN(C(=O)CCc2cccc(Cl)c2)C[C@@H]1CO. The molecule has 0 radical (unpaired) electrons. The molecular formula is C17H25ClN2O2. The van der Waals surface area contributed by atoms with Gasteiger partial charge < -0.3 is 14.9 Å². The van der Waals surface area contributed by atoms with Gasteiger partial charge in [-0.15, -0.1) is 0 Å². The second-order valence-corrected chi connectivity index (χ2v) is 6.83. The van der Waals surface area contributed by atoms with Gasteiger partial charge in [-0.2, -0.15) is 0 Å². The Morgan fingerprint density at radius 2 is 2.09 bits per heavy atom. The van der Waals surface area contributed by atoms with Crippen molar-refractivity contribution in [2.45, 2.75) is 12.8 Å². The Bertz CT molecular complexity index is 507. The van der Waals surface area contributed by atoms with E-state index in [0.29, 0.717) is 30.3 Å². The topological polar surface area (TPSA) is 43.8 Å². The number of likely N-dealkylation sites (tertiary alicyclic amines) is 1. The van der Waals surface area contributed by atoms with Crippen molar-refractivity contribution in [1.82, 2.24) is 9.80 Å². The standard InChI is InChI=1S/C17H25ClN2O2/c1-19(2)9-14-10-20(11-15(14)12-21)17(22)7-6-13-4-3-5-16(18)8-13/h3-5,8,14-15,21H,6-7,9-12H2,1-2H3/t14-,15-/m1/s1. The first kappa shape index (κ1) is 17.3. The van der Waals surface area contributed by atoms with E-state index in [1.807, 2.05) is 43.3 Å². The highest BCUT2D eigenvalue weighted by Gasteiger charge is 2.34. The number of halogens is 1. The van der Waals surface area contributed by atoms with E-state index < -0.39 is 0 Å². The second kappa shape index (κ2) is 7.95. The van der Waals surface area contributed by atoms with Gasteiger partial charge in [0.1, 0.15) is 0 Å². The predicted molar refractivity (Wildman–Crippen MR) is 89.0 cm³/mol. The van der Waals surface area contributed by atoms with Crippen molar-refractivity contribution in [2.75, 3.05) is 40.3 Å². The Morgan fingerprint density at radius 3 is 2.73 bits per heavy atom. The zero-order valence-electron chi connectivity index (χ0n) is 13.3. The average molecular weight is 325 g/mol. The van der Waals surface area contributed by atoms with Crippen LogP contribution in [0.5, 0.6) is 0 Å². The lowest BCUT2D eigenvalue weighted by Gasteiger charge is -2.20. The van der Waals surface area contributed by atoms with Gasteiger partial charge in [-0.1, -0.05) is 23.7 Å².